The van der Waals surface area contributed by atoms with Crippen molar-refractivity contribution >= 4 is 5.71 Å². The molecule has 0 aromatic heterocycles. The lowest BCUT2D eigenvalue weighted by molar-refractivity contribution is 0.399. The smallest absolute Gasteiger partial charge is 0.132 e. The molecule has 0 radical (unpaired) electrons. The quantitative estimate of drug-likeness (QED) is 0.761. The molecule has 0 saturated heterocycles. The van der Waals surface area contributed by atoms with E-state index in [2.05, 4.69) is 4.99 Å². The third-order valence-electron chi connectivity index (χ3n) is 2.11. The van der Waals surface area contributed by atoms with Crippen molar-refractivity contribution in [2.75, 3.05) is 13.7 Å². The summed E-state index contributed by atoms with van der Waals surface area (Å²) < 4.78 is 26.0. The van der Waals surface area contributed by atoms with Gasteiger partial charge in [-0.3, -0.25) is 4.99 Å². The Morgan fingerprint density at radius 2 is 2.00 bits per heavy atom. The highest BCUT2D eigenvalue weighted by molar-refractivity contribution is 6.01. The van der Waals surface area contributed by atoms with Gasteiger partial charge in [0.2, 0.25) is 0 Å². The van der Waals surface area contributed by atoms with Gasteiger partial charge in [0.15, 0.2) is 0 Å². The summed E-state index contributed by atoms with van der Waals surface area (Å²) in [4.78, 5) is 4.12. The number of benzene rings is 1. The van der Waals surface area contributed by atoms with Gasteiger partial charge in [-0.2, -0.15) is 0 Å². The lowest BCUT2D eigenvalue weighted by Gasteiger charge is -2.01. The molecule has 0 bridgehead atoms. The molecule has 2 nitrogen and oxygen atoms in total. The Bertz CT molecular complexity index is 364. The normalized spacial score (nSPS) is 14.3. The van der Waals surface area contributed by atoms with Gasteiger partial charge in [0.25, 0.3) is 0 Å². The molecule has 2 rings (SSSR count). The van der Waals surface area contributed by atoms with E-state index < -0.39 is 5.82 Å². The standard InChI is InChI=1S/C10H9F2N.CH4O/c11-7-3-4-9(12)8(6-7)10-2-1-5-13-10;1-2/h3-4,6H,1-2,5H2;2H,1H3. The largest absolute Gasteiger partial charge is 0.400 e. The molecule has 0 spiro atoms. The monoisotopic (exact) mass is 213 g/mol. The maximum absolute atomic E-state index is 13.2. The van der Waals surface area contributed by atoms with Crippen LogP contribution in [0.3, 0.4) is 0 Å². The molecule has 1 heterocycles. The van der Waals surface area contributed by atoms with Crippen LogP contribution in [0.15, 0.2) is 23.2 Å². The van der Waals surface area contributed by atoms with E-state index in [1.807, 2.05) is 0 Å². The number of hydrogen-bond donors (Lipinski definition) is 1. The van der Waals surface area contributed by atoms with Gasteiger partial charge < -0.3 is 5.11 Å². The van der Waals surface area contributed by atoms with E-state index in [0.717, 1.165) is 38.6 Å². The van der Waals surface area contributed by atoms with Gasteiger partial charge in [-0.05, 0) is 31.0 Å². The van der Waals surface area contributed by atoms with Crippen LogP contribution in [0.2, 0.25) is 0 Å². The van der Waals surface area contributed by atoms with Crippen molar-refractivity contribution in [3.63, 3.8) is 0 Å². The Balaban J connectivity index is 0.000000531. The van der Waals surface area contributed by atoms with E-state index in [1.165, 1.54) is 6.07 Å². The van der Waals surface area contributed by atoms with Crippen molar-refractivity contribution in [2.45, 2.75) is 12.8 Å². The second-order valence-corrected chi connectivity index (χ2v) is 3.06. The van der Waals surface area contributed by atoms with E-state index in [-0.39, 0.29) is 5.82 Å². The fourth-order valence-corrected chi connectivity index (χ4v) is 1.48. The van der Waals surface area contributed by atoms with Gasteiger partial charge in [0, 0.05) is 24.9 Å². The summed E-state index contributed by atoms with van der Waals surface area (Å²) >= 11 is 0. The lowest BCUT2D eigenvalue weighted by Crippen LogP contribution is -2.00. The Morgan fingerprint density at radius 3 is 2.60 bits per heavy atom. The zero-order valence-electron chi connectivity index (χ0n) is 8.50. The second kappa shape index (κ2) is 5.56. The fourth-order valence-electron chi connectivity index (χ4n) is 1.48. The average Bonchev–Trinajstić information content (AvgIpc) is 2.78. The van der Waals surface area contributed by atoms with Crippen LogP contribution in [0.25, 0.3) is 0 Å². The first kappa shape index (κ1) is 11.8. The van der Waals surface area contributed by atoms with Gasteiger partial charge in [0.1, 0.15) is 11.6 Å². The van der Waals surface area contributed by atoms with Gasteiger partial charge in [-0.25, -0.2) is 8.78 Å². The maximum Gasteiger partial charge on any atom is 0.132 e. The van der Waals surface area contributed by atoms with Crippen molar-refractivity contribution in [3.05, 3.63) is 35.4 Å². The van der Waals surface area contributed by atoms with Crippen LogP contribution in [0.4, 0.5) is 8.78 Å². The fraction of sp³-hybridized carbons (Fsp3) is 0.364. The van der Waals surface area contributed by atoms with Crippen LogP contribution in [-0.2, 0) is 0 Å². The topological polar surface area (TPSA) is 32.6 Å². The van der Waals surface area contributed by atoms with Crippen LogP contribution in [0, 0.1) is 11.6 Å². The van der Waals surface area contributed by atoms with E-state index in [1.54, 1.807) is 0 Å². The first-order valence-corrected chi connectivity index (χ1v) is 4.71. The van der Waals surface area contributed by atoms with Crippen molar-refractivity contribution < 1.29 is 13.9 Å². The number of aliphatic hydroxyl groups excluding tert-OH is 1. The van der Waals surface area contributed by atoms with E-state index in [0.29, 0.717) is 11.3 Å². The number of aliphatic hydroxyl groups is 1. The highest BCUT2D eigenvalue weighted by Gasteiger charge is 2.13. The van der Waals surface area contributed by atoms with Gasteiger partial charge in [-0.1, -0.05) is 0 Å². The molecule has 4 heteroatoms. The van der Waals surface area contributed by atoms with Crippen LogP contribution in [-0.4, -0.2) is 24.5 Å². The Kier molecular flexibility index (Phi) is 4.37. The number of rotatable bonds is 1. The average molecular weight is 213 g/mol. The molecule has 0 atom stereocenters. The summed E-state index contributed by atoms with van der Waals surface area (Å²) in [5.41, 5.74) is 1.01. The number of halogens is 2. The van der Waals surface area contributed by atoms with Gasteiger partial charge in [0.05, 0.1) is 0 Å². The first-order valence-electron chi connectivity index (χ1n) is 4.71. The van der Waals surface area contributed by atoms with E-state index >= 15 is 0 Å². The zero-order chi connectivity index (χ0) is 11.3. The molecule has 0 saturated carbocycles. The maximum atomic E-state index is 13.2. The summed E-state index contributed by atoms with van der Waals surface area (Å²) in [7, 11) is 1.00. The molecule has 82 valence electrons. The van der Waals surface area contributed by atoms with Crippen molar-refractivity contribution in [2.24, 2.45) is 4.99 Å². The van der Waals surface area contributed by atoms with Crippen LogP contribution < -0.4 is 0 Å². The molecule has 0 aliphatic carbocycles. The summed E-state index contributed by atoms with van der Waals surface area (Å²) in [6.07, 6.45) is 1.69. The molecule has 1 aromatic carbocycles. The molecule has 1 aromatic rings. The van der Waals surface area contributed by atoms with Crippen LogP contribution >= 0.6 is 0 Å². The first-order chi connectivity index (χ1) is 7.27. The summed E-state index contributed by atoms with van der Waals surface area (Å²) in [6, 6.07) is 3.47. The molecular weight excluding hydrogens is 200 g/mol. The Hall–Kier alpha value is -1.29. The van der Waals surface area contributed by atoms with Gasteiger partial charge >= 0.3 is 0 Å². The molecule has 0 unspecified atom stereocenters. The van der Waals surface area contributed by atoms with Crippen molar-refractivity contribution in [3.8, 4) is 0 Å². The van der Waals surface area contributed by atoms with Gasteiger partial charge in [-0.15, -0.1) is 0 Å². The van der Waals surface area contributed by atoms with Crippen LogP contribution in [0.5, 0.6) is 0 Å². The lowest BCUT2D eigenvalue weighted by atomic mass is 10.1. The number of nitrogens with zero attached hydrogens (tertiary/aromatic N) is 1. The summed E-state index contributed by atoms with van der Waals surface area (Å²) in [6.45, 7) is 0.727. The van der Waals surface area contributed by atoms with E-state index in [9.17, 15) is 8.78 Å². The Labute approximate surface area is 87.3 Å². The third kappa shape index (κ3) is 2.83. The van der Waals surface area contributed by atoms with Crippen LogP contribution in [0.1, 0.15) is 18.4 Å². The Morgan fingerprint density at radius 1 is 1.27 bits per heavy atom. The minimum atomic E-state index is -0.411. The molecule has 0 fully saturated rings. The number of aliphatic imine (C=N–C) groups is 1. The van der Waals surface area contributed by atoms with E-state index in [4.69, 9.17) is 5.11 Å². The highest BCUT2D eigenvalue weighted by atomic mass is 19.1. The molecular formula is C11H13F2NO. The summed E-state index contributed by atoms with van der Waals surface area (Å²) in [5, 5.41) is 7.00. The molecule has 1 aliphatic rings. The molecule has 15 heavy (non-hydrogen) atoms. The van der Waals surface area contributed by atoms with Crippen molar-refractivity contribution in [1.29, 1.82) is 0 Å². The molecule has 0 amide bonds. The molecule has 1 aliphatic heterocycles. The minimum Gasteiger partial charge on any atom is -0.400 e. The predicted octanol–water partition coefficient (Wildman–Crippen LogP) is 2.16. The minimum absolute atomic E-state index is 0.317. The zero-order valence-corrected chi connectivity index (χ0v) is 8.50. The third-order valence-corrected chi connectivity index (χ3v) is 2.11. The predicted molar refractivity (Wildman–Crippen MR) is 55.1 cm³/mol. The van der Waals surface area contributed by atoms with Crippen molar-refractivity contribution in [1.82, 2.24) is 0 Å². The highest BCUT2D eigenvalue weighted by Crippen LogP contribution is 2.17. The SMILES string of the molecule is CO.Fc1ccc(F)c(C2=NCCC2)c1. The summed E-state index contributed by atoms with van der Waals surface area (Å²) in [5.74, 6) is -0.798. The number of hydrogen-bond acceptors (Lipinski definition) is 2. The molecule has 1 N–H and O–H groups in total. The second-order valence-electron chi connectivity index (χ2n) is 3.06.